The van der Waals surface area contributed by atoms with Crippen molar-refractivity contribution in [2.45, 2.75) is 19.9 Å². The van der Waals surface area contributed by atoms with Crippen LogP contribution in [0, 0.1) is 0 Å². The number of carbonyl (C=O) groups excluding carboxylic acids is 1. The highest BCUT2D eigenvalue weighted by molar-refractivity contribution is 7.15. The first-order valence-electron chi connectivity index (χ1n) is 5.08. The molecule has 8 heteroatoms. The lowest BCUT2D eigenvalue weighted by Gasteiger charge is -2.00. The number of carbonyl (C=O) groups is 1. The van der Waals surface area contributed by atoms with E-state index in [0.717, 1.165) is 11.4 Å². The summed E-state index contributed by atoms with van der Waals surface area (Å²) >= 11 is 1.37. The van der Waals surface area contributed by atoms with Gasteiger partial charge in [-0.2, -0.15) is 5.10 Å². The van der Waals surface area contributed by atoms with Gasteiger partial charge in [-0.3, -0.25) is 14.8 Å². The van der Waals surface area contributed by atoms with Crippen LogP contribution in [0.4, 0.5) is 10.9 Å². The zero-order chi connectivity index (χ0) is 12.3. The SMILES string of the molecule is CCc1nnc(NC(=O)Cn2ccc(N)n2)s1. The topological polar surface area (TPSA) is 98.7 Å². The fourth-order valence-corrected chi connectivity index (χ4v) is 1.91. The van der Waals surface area contributed by atoms with Crippen molar-refractivity contribution in [3.63, 3.8) is 0 Å². The number of nitrogens with zero attached hydrogens (tertiary/aromatic N) is 4. The van der Waals surface area contributed by atoms with E-state index in [1.54, 1.807) is 12.3 Å². The summed E-state index contributed by atoms with van der Waals surface area (Å²) in [5.74, 6) is 0.189. The Bertz CT molecular complexity index is 519. The molecule has 2 aromatic heterocycles. The second-order valence-electron chi connectivity index (χ2n) is 3.34. The summed E-state index contributed by atoms with van der Waals surface area (Å²) in [6.07, 6.45) is 2.45. The molecule has 2 rings (SSSR count). The molecule has 2 aromatic rings. The molecular formula is C9H12N6OS. The van der Waals surface area contributed by atoms with Crippen LogP contribution in [-0.4, -0.2) is 25.9 Å². The largest absolute Gasteiger partial charge is 0.382 e. The van der Waals surface area contributed by atoms with Crippen LogP contribution in [0.2, 0.25) is 0 Å². The molecule has 0 aliphatic carbocycles. The van der Waals surface area contributed by atoms with Crippen LogP contribution in [0.1, 0.15) is 11.9 Å². The van der Waals surface area contributed by atoms with Gasteiger partial charge in [-0.15, -0.1) is 10.2 Å². The third kappa shape index (κ3) is 3.00. The lowest BCUT2D eigenvalue weighted by Crippen LogP contribution is -2.19. The number of nitrogens with two attached hydrogens (primary N) is 1. The van der Waals surface area contributed by atoms with E-state index in [0.29, 0.717) is 10.9 Å². The second kappa shape index (κ2) is 4.91. The summed E-state index contributed by atoms with van der Waals surface area (Å²) in [7, 11) is 0. The third-order valence-electron chi connectivity index (χ3n) is 1.98. The first-order chi connectivity index (χ1) is 8.17. The van der Waals surface area contributed by atoms with Crippen molar-refractivity contribution in [1.82, 2.24) is 20.0 Å². The summed E-state index contributed by atoms with van der Waals surface area (Å²) < 4.78 is 1.46. The van der Waals surface area contributed by atoms with Crippen LogP contribution < -0.4 is 11.1 Å². The Morgan fingerprint density at radius 1 is 1.59 bits per heavy atom. The Balaban J connectivity index is 1.93. The molecule has 1 amide bonds. The molecule has 0 atom stereocenters. The van der Waals surface area contributed by atoms with Crippen molar-refractivity contribution in [3.8, 4) is 0 Å². The fraction of sp³-hybridized carbons (Fsp3) is 0.333. The summed E-state index contributed by atoms with van der Waals surface area (Å²) in [5.41, 5.74) is 5.44. The van der Waals surface area contributed by atoms with Gasteiger partial charge in [0.2, 0.25) is 11.0 Å². The smallest absolute Gasteiger partial charge is 0.247 e. The van der Waals surface area contributed by atoms with Gasteiger partial charge in [0.05, 0.1) is 0 Å². The van der Waals surface area contributed by atoms with Crippen molar-refractivity contribution < 1.29 is 4.79 Å². The van der Waals surface area contributed by atoms with Crippen LogP contribution in [0.25, 0.3) is 0 Å². The van der Waals surface area contributed by atoms with Crippen LogP contribution in [0.3, 0.4) is 0 Å². The summed E-state index contributed by atoms with van der Waals surface area (Å²) in [5, 5.41) is 15.7. The van der Waals surface area contributed by atoms with Crippen molar-refractivity contribution in [2.75, 3.05) is 11.1 Å². The van der Waals surface area contributed by atoms with E-state index in [9.17, 15) is 4.79 Å². The van der Waals surface area contributed by atoms with Gasteiger partial charge < -0.3 is 5.73 Å². The van der Waals surface area contributed by atoms with Crippen LogP contribution >= 0.6 is 11.3 Å². The molecule has 2 heterocycles. The van der Waals surface area contributed by atoms with Crippen LogP contribution in [0.15, 0.2) is 12.3 Å². The number of aromatic nitrogens is 4. The Morgan fingerprint density at radius 3 is 3.00 bits per heavy atom. The minimum absolute atomic E-state index is 0.109. The average molecular weight is 252 g/mol. The molecule has 0 fully saturated rings. The molecule has 0 bridgehead atoms. The standard InChI is InChI=1S/C9H12N6OS/c1-2-8-12-13-9(17-8)11-7(16)5-15-4-3-6(10)14-15/h3-4H,2,5H2,1H3,(H2,10,14)(H,11,13,16). The molecule has 0 aliphatic rings. The molecule has 0 saturated heterocycles. The number of hydrogen-bond donors (Lipinski definition) is 2. The van der Waals surface area contributed by atoms with Gasteiger partial charge in [-0.1, -0.05) is 18.3 Å². The highest BCUT2D eigenvalue weighted by atomic mass is 32.1. The van der Waals surface area contributed by atoms with E-state index < -0.39 is 0 Å². The first kappa shape index (κ1) is 11.5. The average Bonchev–Trinajstić information content (AvgIpc) is 2.88. The van der Waals surface area contributed by atoms with E-state index in [1.807, 2.05) is 6.92 Å². The molecule has 0 spiro atoms. The quantitative estimate of drug-likeness (QED) is 0.826. The van der Waals surface area contributed by atoms with Crippen molar-refractivity contribution >= 4 is 28.2 Å². The molecule has 0 aliphatic heterocycles. The van der Waals surface area contributed by atoms with Crippen LogP contribution in [0.5, 0.6) is 0 Å². The Morgan fingerprint density at radius 2 is 2.41 bits per heavy atom. The third-order valence-corrected chi connectivity index (χ3v) is 2.97. The van der Waals surface area contributed by atoms with Gasteiger partial charge in [0.15, 0.2) is 0 Å². The number of amides is 1. The minimum atomic E-state index is -0.202. The highest BCUT2D eigenvalue weighted by Gasteiger charge is 2.08. The van der Waals surface area contributed by atoms with Gasteiger partial charge >= 0.3 is 0 Å². The molecule has 17 heavy (non-hydrogen) atoms. The second-order valence-corrected chi connectivity index (χ2v) is 4.40. The van der Waals surface area contributed by atoms with Gasteiger partial charge in [0, 0.05) is 6.20 Å². The number of hydrogen-bond acceptors (Lipinski definition) is 6. The normalized spacial score (nSPS) is 10.4. The van der Waals surface area contributed by atoms with Crippen molar-refractivity contribution in [3.05, 3.63) is 17.3 Å². The Kier molecular flexibility index (Phi) is 3.33. The molecule has 0 radical (unpaired) electrons. The number of anilines is 2. The van der Waals surface area contributed by atoms with E-state index in [2.05, 4.69) is 20.6 Å². The zero-order valence-electron chi connectivity index (χ0n) is 9.25. The maximum Gasteiger partial charge on any atom is 0.247 e. The molecule has 90 valence electrons. The molecule has 0 saturated carbocycles. The predicted octanol–water partition coefficient (Wildman–Crippen LogP) is 0.518. The number of aryl methyl sites for hydroxylation is 1. The molecule has 0 aromatic carbocycles. The van der Waals surface area contributed by atoms with Crippen molar-refractivity contribution in [1.29, 1.82) is 0 Å². The lowest BCUT2D eigenvalue weighted by atomic mass is 10.5. The minimum Gasteiger partial charge on any atom is -0.382 e. The monoisotopic (exact) mass is 252 g/mol. The van der Waals surface area contributed by atoms with Gasteiger partial charge in [0.25, 0.3) is 0 Å². The summed E-state index contributed by atoms with van der Waals surface area (Å²) in [6, 6.07) is 1.63. The van der Waals surface area contributed by atoms with Crippen molar-refractivity contribution in [2.24, 2.45) is 0 Å². The first-order valence-corrected chi connectivity index (χ1v) is 5.90. The predicted molar refractivity (Wildman–Crippen MR) is 64.6 cm³/mol. The molecular weight excluding hydrogens is 240 g/mol. The van der Waals surface area contributed by atoms with Gasteiger partial charge in [0.1, 0.15) is 17.4 Å². The Hall–Kier alpha value is -1.96. The molecule has 0 unspecified atom stereocenters. The van der Waals surface area contributed by atoms with E-state index in [1.165, 1.54) is 16.0 Å². The van der Waals surface area contributed by atoms with Gasteiger partial charge in [-0.05, 0) is 12.5 Å². The zero-order valence-corrected chi connectivity index (χ0v) is 10.1. The van der Waals surface area contributed by atoms with E-state index >= 15 is 0 Å². The Labute approximate surface area is 102 Å². The van der Waals surface area contributed by atoms with Gasteiger partial charge in [-0.25, -0.2) is 0 Å². The maximum absolute atomic E-state index is 11.6. The number of rotatable bonds is 4. The summed E-state index contributed by atoms with van der Waals surface area (Å²) in [4.78, 5) is 11.6. The van der Waals surface area contributed by atoms with Crippen LogP contribution in [-0.2, 0) is 17.8 Å². The highest BCUT2D eigenvalue weighted by Crippen LogP contribution is 2.15. The van der Waals surface area contributed by atoms with E-state index in [-0.39, 0.29) is 12.5 Å². The molecule has 3 N–H and O–H groups in total. The maximum atomic E-state index is 11.6. The fourth-order valence-electron chi connectivity index (χ4n) is 1.22. The summed E-state index contributed by atoms with van der Waals surface area (Å²) in [6.45, 7) is 2.09. The lowest BCUT2D eigenvalue weighted by molar-refractivity contribution is -0.116. The molecule has 7 nitrogen and oxygen atoms in total. The number of nitrogen functional groups attached to an aromatic ring is 1. The number of nitrogens with one attached hydrogen (secondary N) is 1. The van der Waals surface area contributed by atoms with E-state index in [4.69, 9.17) is 5.73 Å².